The Morgan fingerprint density at radius 2 is 2.00 bits per heavy atom. The van der Waals surface area contributed by atoms with E-state index in [0.717, 1.165) is 30.5 Å². The van der Waals surface area contributed by atoms with E-state index in [2.05, 4.69) is 14.9 Å². The van der Waals surface area contributed by atoms with Crippen LogP contribution in [0.2, 0.25) is 0 Å². The standard InChI is InChI=1S/C21H22F4N4/c1-13-11-29(12-19-27-20-18(28(19)2)4-3-8-26-20)9-7-15(13)16-6-5-14(10-17(16)22)21(23,24)25/h3-6,8,10,13,15H,7,9,11-12H2,1-2H3/t13-,15+/m1/s1. The molecule has 0 unspecified atom stereocenters. The number of halogens is 4. The highest BCUT2D eigenvalue weighted by atomic mass is 19.4. The Balaban J connectivity index is 1.48. The smallest absolute Gasteiger partial charge is 0.329 e. The number of aromatic nitrogens is 3. The number of nitrogens with zero attached hydrogens (tertiary/aromatic N) is 4. The molecule has 4 rings (SSSR count). The van der Waals surface area contributed by atoms with Crippen molar-refractivity contribution in [2.24, 2.45) is 13.0 Å². The topological polar surface area (TPSA) is 34.0 Å². The van der Waals surface area contributed by atoms with Crippen LogP contribution in [0.1, 0.15) is 36.2 Å². The van der Waals surface area contributed by atoms with Gasteiger partial charge in [0.15, 0.2) is 5.65 Å². The van der Waals surface area contributed by atoms with Gasteiger partial charge in [-0.25, -0.2) is 14.4 Å². The lowest BCUT2D eigenvalue weighted by molar-refractivity contribution is -0.137. The van der Waals surface area contributed by atoms with Gasteiger partial charge >= 0.3 is 6.18 Å². The van der Waals surface area contributed by atoms with Crippen LogP contribution in [0.25, 0.3) is 11.2 Å². The molecule has 1 aromatic carbocycles. The molecule has 0 amide bonds. The monoisotopic (exact) mass is 406 g/mol. The molecule has 8 heteroatoms. The number of hydrogen-bond donors (Lipinski definition) is 0. The number of likely N-dealkylation sites (tertiary alicyclic amines) is 1. The average molecular weight is 406 g/mol. The molecule has 0 spiro atoms. The highest BCUT2D eigenvalue weighted by Gasteiger charge is 2.34. The number of pyridine rings is 1. The molecule has 1 aliphatic heterocycles. The van der Waals surface area contributed by atoms with Gasteiger partial charge in [-0.3, -0.25) is 4.90 Å². The van der Waals surface area contributed by atoms with Gasteiger partial charge in [-0.15, -0.1) is 0 Å². The predicted molar refractivity (Wildman–Crippen MR) is 102 cm³/mol. The lowest BCUT2D eigenvalue weighted by atomic mass is 9.81. The van der Waals surface area contributed by atoms with E-state index in [4.69, 9.17) is 0 Å². The van der Waals surface area contributed by atoms with E-state index in [1.165, 1.54) is 6.07 Å². The second-order valence-electron chi connectivity index (χ2n) is 7.77. The summed E-state index contributed by atoms with van der Waals surface area (Å²) in [4.78, 5) is 11.1. The minimum Gasteiger partial charge on any atom is -0.329 e. The third-order valence-electron chi connectivity index (χ3n) is 5.83. The first-order valence-corrected chi connectivity index (χ1v) is 9.59. The van der Waals surface area contributed by atoms with Crippen molar-refractivity contribution in [1.82, 2.24) is 19.4 Å². The number of piperidine rings is 1. The number of aryl methyl sites for hydroxylation is 1. The molecule has 0 saturated carbocycles. The number of fused-ring (bicyclic) bond motifs is 1. The molecule has 1 fully saturated rings. The Bertz CT molecular complexity index is 1030. The maximum Gasteiger partial charge on any atom is 0.416 e. The first-order chi connectivity index (χ1) is 13.7. The molecule has 1 saturated heterocycles. The van der Waals surface area contributed by atoms with Crippen LogP contribution in [0.15, 0.2) is 36.5 Å². The van der Waals surface area contributed by atoms with Crippen LogP contribution in [0.3, 0.4) is 0 Å². The molecule has 3 heterocycles. The molecular weight excluding hydrogens is 384 g/mol. The van der Waals surface area contributed by atoms with Crippen molar-refractivity contribution in [3.05, 3.63) is 59.3 Å². The van der Waals surface area contributed by atoms with Gasteiger partial charge in [0.2, 0.25) is 0 Å². The second kappa shape index (κ2) is 7.40. The normalized spacial score (nSPS) is 21.0. The Hall–Kier alpha value is -2.48. The molecule has 0 aliphatic carbocycles. The summed E-state index contributed by atoms with van der Waals surface area (Å²) >= 11 is 0. The summed E-state index contributed by atoms with van der Waals surface area (Å²) in [5.41, 5.74) is 1.10. The third-order valence-corrected chi connectivity index (χ3v) is 5.83. The summed E-state index contributed by atoms with van der Waals surface area (Å²) in [5.74, 6) is 0.148. The zero-order valence-electron chi connectivity index (χ0n) is 16.2. The molecular formula is C21H22F4N4. The minimum absolute atomic E-state index is 0.101. The molecule has 1 aliphatic rings. The number of benzene rings is 1. The van der Waals surface area contributed by atoms with Gasteiger partial charge in [0.25, 0.3) is 0 Å². The molecule has 154 valence electrons. The number of hydrogen-bond acceptors (Lipinski definition) is 3. The van der Waals surface area contributed by atoms with Crippen LogP contribution in [-0.4, -0.2) is 32.5 Å². The molecule has 0 bridgehead atoms. The Morgan fingerprint density at radius 3 is 2.66 bits per heavy atom. The Morgan fingerprint density at radius 1 is 1.21 bits per heavy atom. The van der Waals surface area contributed by atoms with Gasteiger partial charge in [0.05, 0.1) is 17.6 Å². The van der Waals surface area contributed by atoms with Crippen LogP contribution >= 0.6 is 0 Å². The van der Waals surface area contributed by atoms with Crippen molar-refractivity contribution in [2.75, 3.05) is 13.1 Å². The summed E-state index contributed by atoms with van der Waals surface area (Å²) in [6, 6.07) is 6.73. The quantitative estimate of drug-likeness (QED) is 0.589. The van der Waals surface area contributed by atoms with Crippen molar-refractivity contribution in [3.8, 4) is 0 Å². The van der Waals surface area contributed by atoms with Crippen LogP contribution in [0.4, 0.5) is 17.6 Å². The van der Waals surface area contributed by atoms with Gasteiger partial charge in [-0.05, 0) is 54.6 Å². The van der Waals surface area contributed by atoms with Crippen LogP contribution < -0.4 is 0 Å². The van der Waals surface area contributed by atoms with E-state index in [9.17, 15) is 17.6 Å². The van der Waals surface area contributed by atoms with E-state index < -0.39 is 17.6 Å². The fourth-order valence-corrected chi connectivity index (χ4v) is 4.26. The van der Waals surface area contributed by atoms with Gasteiger partial charge in [-0.1, -0.05) is 13.0 Å². The predicted octanol–water partition coefficient (Wildman–Crippen LogP) is 4.75. The van der Waals surface area contributed by atoms with Crippen molar-refractivity contribution in [3.63, 3.8) is 0 Å². The van der Waals surface area contributed by atoms with E-state index >= 15 is 0 Å². The second-order valence-corrected chi connectivity index (χ2v) is 7.77. The maximum absolute atomic E-state index is 14.4. The van der Waals surface area contributed by atoms with Crippen LogP contribution in [-0.2, 0) is 19.8 Å². The number of alkyl halides is 3. The average Bonchev–Trinajstić information content (AvgIpc) is 2.97. The fraction of sp³-hybridized carbons (Fsp3) is 0.429. The van der Waals surface area contributed by atoms with Gasteiger partial charge in [0, 0.05) is 19.8 Å². The molecule has 3 aromatic rings. The highest BCUT2D eigenvalue weighted by molar-refractivity contribution is 5.71. The zero-order chi connectivity index (χ0) is 20.8. The summed E-state index contributed by atoms with van der Waals surface area (Å²) in [6.07, 6.45) is -2.13. The van der Waals surface area contributed by atoms with E-state index in [0.29, 0.717) is 30.2 Å². The minimum atomic E-state index is -4.53. The van der Waals surface area contributed by atoms with E-state index in [1.807, 2.05) is 30.7 Å². The first kappa shape index (κ1) is 19.8. The van der Waals surface area contributed by atoms with E-state index in [-0.39, 0.29) is 11.8 Å². The fourth-order valence-electron chi connectivity index (χ4n) is 4.26. The molecule has 4 nitrogen and oxygen atoms in total. The number of imidazole rings is 1. The highest BCUT2D eigenvalue weighted by Crippen LogP contribution is 2.37. The number of rotatable bonds is 3. The maximum atomic E-state index is 14.4. The third kappa shape index (κ3) is 3.85. The molecule has 0 N–H and O–H groups in total. The summed E-state index contributed by atoms with van der Waals surface area (Å²) in [7, 11) is 1.96. The summed E-state index contributed by atoms with van der Waals surface area (Å²) in [5, 5.41) is 0. The van der Waals surface area contributed by atoms with Crippen molar-refractivity contribution < 1.29 is 17.6 Å². The lowest BCUT2D eigenvalue weighted by Gasteiger charge is -2.37. The molecule has 2 aromatic heterocycles. The van der Waals surface area contributed by atoms with Crippen molar-refractivity contribution in [2.45, 2.75) is 32.0 Å². The lowest BCUT2D eigenvalue weighted by Crippen LogP contribution is -2.38. The van der Waals surface area contributed by atoms with Crippen LogP contribution in [0, 0.1) is 11.7 Å². The van der Waals surface area contributed by atoms with Gasteiger partial charge in [-0.2, -0.15) is 13.2 Å². The largest absolute Gasteiger partial charge is 0.416 e. The van der Waals surface area contributed by atoms with E-state index in [1.54, 1.807) is 6.20 Å². The summed E-state index contributed by atoms with van der Waals surface area (Å²) in [6.45, 7) is 4.12. The zero-order valence-corrected chi connectivity index (χ0v) is 16.2. The Labute approximate surface area is 166 Å². The van der Waals surface area contributed by atoms with Crippen LogP contribution in [0.5, 0.6) is 0 Å². The van der Waals surface area contributed by atoms with Gasteiger partial charge < -0.3 is 4.57 Å². The first-order valence-electron chi connectivity index (χ1n) is 9.59. The Kier molecular flexibility index (Phi) is 5.06. The van der Waals surface area contributed by atoms with Gasteiger partial charge in [0.1, 0.15) is 11.6 Å². The molecule has 0 radical (unpaired) electrons. The SMILES string of the molecule is C[C@@H]1CN(Cc2nc3ncccc3n2C)CC[C@@H]1c1ccc(C(F)(F)F)cc1F. The van der Waals surface area contributed by atoms with Crippen molar-refractivity contribution in [1.29, 1.82) is 0 Å². The summed E-state index contributed by atoms with van der Waals surface area (Å²) < 4.78 is 54.8. The molecule has 2 atom stereocenters. The molecule has 29 heavy (non-hydrogen) atoms. The van der Waals surface area contributed by atoms with Crippen molar-refractivity contribution >= 4 is 11.2 Å².